The summed E-state index contributed by atoms with van der Waals surface area (Å²) in [6.07, 6.45) is -4.61. The maximum absolute atomic E-state index is 12.1. The molecule has 0 spiro atoms. The second-order valence-electron chi connectivity index (χ2n) is 6.25. The number of halogens is 1. The number of aliphatic hydroxyl groups is 3. The first-order valence-electron chi connectivity index (χ1n) is 8.10. The fourth-order valence-corrected chi connectivity index (χ4v) is 2.35. The predicted molar refractivity (Wildman–Crippen MR) is 90.8 cm³/mol. The van der Waals surface area contributed by atoms with Gasteiger partial charge in [-0.2, -0.15) is 0 Å². The molecule has 0 bridgehead atoms. The van der Waals surface area contributed by atoms with Gasteiger partial charge in [-0.15, -0.1) is 12.4 Å². The third-order valence-corrected chi connectivity index (χ3v) is 3.92. The second kappa shape index (κ2) is 10.9. The van der Waals surface area contributed by atoms with E-state index in [1.54, 1.807) is 13.8 Å². The number of hydrogen-bond donors (Lipinski definition) is 5. The van der Waals surface area contributed by atoms with Crippen molar-refractivity contribution in [3.05, 3.63) is 0 Å². The molecule has 25 heavy (non-hydrogen) atoms. The average Bonchev–Trinajstić information content (AvgIpc) is 2.52. The van der Waals surface area contributed by atoms with E-state index in [1.165, 1.54) is 0 Å². The van der Waals surface area contributed by atoms with E-state index >= 15 is 0 Å². The minimum Gasteiger partial charge on any atom is -0.456 e. The van der Waals surface area contributed by atoms with Gasteiger partial charge in [-0.3, -0.25) is 9.59 Å². The third-order valence-electron chi connectivity index (χ3n) is 3.92. The highest BCUT2D eigenvalue weighted by Gasteiger charge is 2.47. The molecule has 9 nitrogen and oxygen atoms in total. The number of hydrogen-bond acceptors (Lipinski definition) is 8. The summed E-state index contributed by atoms with van der Waals surface area (Å²) in [5.74, 6) is -1.34. The topological polar surface area (TPSA) is 151 Å². The summed E-state index contributed by atoms with van der Waals surface area (Å²) in [5.41, 5.74) is 5.73. The number of esters is 1. The lowest BCUT2D eigenvalue weighted by atomic mass is 9.96. The van der Waals surface area contributed by atoms with E-state index in [4.69, 9.17) is 15.2 Å². The van der Waals surface area contributed by atoms with Gasteiger partial charge in [-0.05, 0) is 12.3 Å². The van der Waals surface area contributed by atoms with Gasteiger partial charge in [0, 0.05) is 6.42 Å². The summed E-state index contributed by atoms with van der Waals surface area (Å²) >= 11 is 0. The van der Waals surface area contributed by atoms with Crippen molar-refractivity contribution in [2.24, 2.45) is 11.7 Å². The highest BCUT2D eigenvalue weighted by atomic mass is 35.5. The molecule has 1 fully saturated rings. The Balaban J connectivity index is 0.00000576. The summed E-state index contributed by atoms with van der Waals surface area (Å²) < 4.78 is 10.3. The summed E-state index contributed by atoms with van der Waals surface area (Å²) in [6, 6.07) is -2.08. The maximum Gasteiger partial charge on any atom is 0.323 e. The van der Waals surface area contributed by atoms with Crippen molar-refractivity contribution in [1.82, 2.24) is 5.32 Å². The molecule has 1 saturated heterocycles. The molecular weight excluding hydrogens is 356 g/mol. The Hall–Kier alpha value is -0.970. The van der Waals surface area contributed by atoms with E-state index in [9.17, 15) is 24.9 Å². The molecule has 1 aliphatic rings. The quantitative estimate of drug-likeness (QED) is 0.338. The van der Waals surface area contributed by atoms with Crippen molar-refractivity contribution >= 4 is 24.3 Å². The van der Waals surface area contributed by atoms with Gasteiger partial charge in [-0.1, -0.05) is 20.8 Å². The molecule has 0 aromatic carbocycles. The lowest BCUT2D eigenvalue weighted by molar-refractivity contribution is -0.259. The molecule has 2 unspecified atom stereocenters. The maximum atomic E-state index is 12.1. The van der Waals surface area contributed by atoms with Gasteiger partial charge in [0.1, 0.15) is 24.3 Å². The van der Waals surface area contributed by atoms with Gasteiger partial charge in [0.05, 0.1) is 6.61 Å². The van der Waals surface area contributed by atoms with E-state index < -0.39 is 49.3 Å². The number of nitrogens with two attached hydrogens (primary N) is 1. The van der Waals surface area contributed by atoms with Crippen LogP contribution in [0.5, 0.6) is 0 Å². The largest absolute Gasteiger partial charge is 0.456 e. The second-order valence-corrected chi connectivity index (χ2v) is 6.25. The van der Waals surface area contributed by atoms with Gasteiger partial charge >= 0.3 is 5.97 Å². The average molecular weight is 385 g/mol. The summed E-state index contributed by atoms with van der Waals surface area (Å²) in [6.45, 7) is 4.69. The summed E-state index contributed by atoms with van der Waals surface area (Å²) in [5, 5.41) is 32.0. The molecule has 0 aliphatic carbocycles. The van der Waals surface area contributed by atoms with Crippen molar-refractivity contribution in [3.8, 4) is 0 Å². The van der Waals surface area contributed by atoms with Crippen LogP contribution < -0.4 is 11.1 Å². The highest BCUT2D eigenvalue weighted by Crippen LogP contribution is 2.23. The fourth-order valence-electron chi connectivity index (χ4n) is 2.35. The van der Waals surface area contributed by atoms with Gasteiger partial charge in [0.25, 0.3) is 0 Å². The number of aliphatic hydroxyl groups excluding tert-OH is 3. The van der Waals surface area contributed by atoms with Crippen LogP contribution in [0.15, 0.2) is 0 Å². The minimum atomic E-state index is -1.54. The SMILES string of the molecule is CCCC(=O)N[C@H]1C(O)O[C@H](CO)[C@@H](O)[C@@H]1OC(=O)C(N)C(C)C.Cl. The van der Waals surface area contributed by atoms with Crippen molar-refractivity contribution < 1.29 is 34.4 Å². The Morgan fingerprint density at radius 3 is 2.40 bits per heavy atom. The van der Waals surface area contributed by atoms with E-state index in [-0.39, 0.29) is 30.7 Å². The number of rotatable bonds is 7. The first-order valence-corrected chi connectivity index (χ1v) is 8.10. The number of carbonyl (C=O) groups excluding carboxylic acids is 2. The number of nitrogens with one attached hydrogen (secondary N) is 1. The van der Waals surface area contributed by atoms with Crippen LogP contribution >= 0.6 is 12.4 Å². The molecule has 6 atom stereocenters. The highest BCUT2D eigenvalue weighted by molar-refractivity contribution is 5.85. The summed E-state index contributed by atoms with van der Waals surface area (Å²) in [7, 11) is 0. The molecule has 10 heteroatoms. The van der Waals surface area contributed by atoms with Crippen LogP contribution in [0.3, 0.4) is 0 Å². The molecule has 148 valence electrons. The number of ether oxygens (including phenoxy) is 2. The molecule has 0 aromatic rings. The molecule has 1 aliphatic heterocycles. The van der Waals surface area contributed by atoms with Crippen LogP contribution in [0.4, 0.5) is 0 Å². The number of amides is 1. The Morgan fingerprint density at radius 1 is 1.32 bits per heavy atom. The van der Waals surface area contributed by atoms with Crippen molar-refractivity contribution in [1.29, 1.82) is 0 Å². The molecule has 0 radical (unpaired) electrons. The first kappa shape index (κ1) is 24.0. The lowest BCUT2D eigenvalue weighted by Crippen LogP contribution is -2.65. The van der Waals surface area contributed by atoms with E-state index in [1.807, 2.05) is 6.92 Å². The minimum absolute atomic E-state index is 0. The predicted octanol–water partition coefficient (Wildman–Crippen LogP) is -1.34. The lowest BCUT2D eigenvalue weighted by Gasteiger charge is -2.42. The van der Waals surface area contributed by atoms with Crippen molar-refractivity contribution in [2.45, 2.75) is 70.3 Å². The Kier molecular flexibility index (Phi) is 10.5. The Morgan fingerprint density at radius 2 is 1.92 bits per heavy atom. The molecule has 1 heterocycles. The smallest absolute Gasteiger partial charge is 0.323 e. The van der Waals surface area contributed by atoms with Crippen LogP contribution in [0, 0.1) is 5.92 Å². The summed E-state index contributed by atoms with van der Waals surface area (Å²) in [4.78, 5) is 23.9. The van der Waals surface area contributed by atoms with Crippen molar-refractivity contribution in [3.63, 3.8) is 0 Å². The molecule has 0 saturated carbocycles. The Labute approximate surface area is 153 Å². The zero-order valence-electron chi connectivity index (χ0n) is 14.6. The molecular formula is C15H29ClN2O7. The van der Waals surface area contributed by atoms with Crippen LogP contribution in [-0.2, 0) is 19.1 Å². The number of carbonyl (C=O) groups is 2. The van der Waals surface area contributed by atoms with Crippen LogP contribution in [0.1, 0.15) is 33.6 Å². The van der Waals surface area contributed by atoms with Crippen LogP contribution in [-0.4, -0.2) is 70.5 Å². The van der Waals surface area contributed by atoms with E-state index in [0.717, 1.165) is 0 Å². The van der Waals surface area contributed by atoms with Gasteiger partial charge in [0.15, 0.2) is 12.4 Å². The standard InChI is InChI=1S/C15H28N2O7.ClH/c1-4-5-9(19)17-11-13(24-14(21)10(16)7(2)3)12(20)8(6-18)23-15(11)22;/h7-8,10-13,15,18,20,22H,4-6,16H2,1-3H3,(H,17,19);1H/t8-,10?,11-,12-,13-,15?;/m1./s1. The van der Waals surface area contributed by atoms with Gasteiger partial charge < -0.3 is 35.8 Å². The van der Waals surface area contributed by atoms with Crippen molar-refractivity contribution in [2.75, 3.05) is 6.61 Å². The van der Waals surface area contributed by atoms with E-state index in [0.29, 0.717) is 6.42 Å². The third kappa shape index (κ3) is 6.36. The van der Waals surface area contributed by atoms with Gasteiger partial charge in [-0.25, -0.2) is 0 Å². The van der Waals surface area contributed by atoms with E-state index in [2.05, 4.69) is 5.32 Å². The molecule has 1 amide bonds. The monoisotopic (exact) mass is 384 g/mol. The first-order chi connectivity index (χ1) is 11.2. The normalized spacial score (nSPS) is 30.3. The molecule has 1 rings (SSSR count). The van der Waals surface area contributed by atoms with Gasteiger partial charge in [0.2, 0.25) is 5.91 Å². The fraction of sp³-hybridized carbons (Fsp3) is 0.867. The molecule has 0 aromatic heterocycles. The molecule has 6 N–H and O–H groups in total. The zero-order chi connectivity index (χ0) is 18.4. The zero-order valence-corrected chi connectivity index (χ0v) is 15.4. The van der Waals surface area contributed by atoms with Crippen LogP contribution in [0.2, 0.25) is 0 Å². The Bertz CT molecular complexity index is 438. The van der Waals surface area contributed by atoms with Crippen LogP contribution in [0.25, 0.3) is 0 Å².